The molecule has 0 aromatic carbocycles. The van der Waals surface area contributed by atoms with Crippen molar-refractivity contribution < 1.29 is 9.90 Å². The highest BCUT2D eigenvalue weighted by atomic mass is 127. The maximum atomic E-state index is 11.8. The Bertz CT molecular complexity index is 414. The van der Waals surface area contributed by atoms with Gasteiger partial charge in [-0.25, -0.2) is 4.79 Å². The lowest BCUT2D eigenvalue weighted by molar-refractivity contribution is -0.136. The average molecular weight is 1640 g/mol. The van der Waals surface area contributed by atoms with Crippen LogP contribution in [0.4, 0.5) is 0 Å². The Morgan fingerprint density at radius 3 is 1.29 bits per heavy atom. The number of carboxylic acids is 1. The SMILES string of the molecule is O=C(O)C(I)(I)C(I)(I)C(I)(I)C(I)(I)C(I)(I)C(I)I. The molecule has 0 amide bonds. The molecule has 0 bridgehead atoms. The summed E-state index contributed by atoms with van der Waals surface area (Å²) in [5, 5.41) is 9.68. The molecule has 2 nitrogen and oxygen atoms in total. The van der Waals surface area contributed by atoms with E-state index in [9.17, 15) is 9.90 Å². The van der Waals surface area contributed by atoms with Crippen molar-refractivity contribution in [2.24, 2.45) is 0 Å². The molecule has 0 heterocycles. The lowest BCUT2D eigenvalue weighted by Crippen LogP contribution is -2.63. The van der Waals surface area contributed by atoms with Crippen LogP contribution in [0, 0.1) is 0 Å². The van der Waals surface area contributed by atoms with Crippen LogP contribution in [0.25, 0.3) is 0 Å². The van der Waals surface area contributed by atoms with E-state index in [1.165, 1.54) is 0 Å². The van der Waals surface area contributed by atoms with Gasteiger partial charge in [-0.05, 0) is 0 Å². The van der Waals surface area contributed by atoms with E-state index in [4.69, 9.17) is 0 Å². The number of hydrogen-bond acceptors (Lipinski definition) is 1. The maximum absolute atomic E-state index is 11.8. The number of aliphatic carboxylic acids is 1. The van der Waals surface area contributed by atoms with Crippen molar-refractivity contribution in [3.8, 4) is 0 Å². The first kappa shape index (κ1) is 29.2. The van der Waals surface area contributed by atoms with Crippen LogP contribution in [0.3, 0.4) is 0 Å². The van der Waals surface area contributed by atoms with E-state index in [1.54, 1.807) is 0 Å². The first-order valence-corrected chi connectivity index (χ1v) is 17.6. The topological polar surface area (TPSA) is 37.3 Å². The summed E-state index contributed by atoms with van der Waals surface area (Å²) in [5.74, 6) is -0.790. The molecule has 0 saturated heterocycles. The third kappa shape index (κ3) is 6.14. The van der Waals surface area contributed by atoms with E-state index in [0.717, 1.165) is 0 Å². The summed E-state index contributed by atoms with van der Waals surface area (Å²) < 4.78 is -1.55. The number of carbonyl (C=O) groups is 1. The van der Waals surface area contributed by atoms with Crippen molar-refractivity contribution in [3.63, 3.8) is 0 Å². The fourth-order valence-electron chi connectivity index (χ4n) is 0.875. The fraction of sp³-hybridized carbons (Fsp3) is 0.857. The summed E-state index contributed by atoms with van der Waals surface area (Å²) in [6, 6.07) is 0. The van der Waals surface area contributed by atoms with Gasteiger partial charge < -0.3 is 5.11 Å². The molecule has 0 unspecified atom stereocenters. The molecule has 0 aliphatic heterocycles. The molecule has 0 aliphatic carbocycles. The maximum Gasteiger partial charge on any atom is 0.332 e. The van der Waals surface area contributed by atoms with Crippen molar-refractivity contribution >= 4 is 277 Å². The molecule has 14 heteroatoms. The third-order valence-corrected chi connectivity index (χ3v) is 40.5. The van der Waals surface area contributed by atoms with Crippen molar-refractivity contribution in [1.82, 2.24) is 0 Å². The summed E-state index contributed by atoms with van der Waals surface area (Å²) in [4.78, 5) is 11.8. The number of carboxylic acid groups (broad SMARTS) is 1. The van der Waals surface area contributed by atoms with Crippen LogP contribution in [0.5, 0.6) is 0 Å². The van der Waals surface area contributed by atoms with E-state index in [2.05, 4.69) is 271 Å². The molecule has 126 valence electrons. The molecule has 0 rings (SSSR count). The highest BCUT2D eigenvalue weighted by molar-refractivity contribution is 14.2. The van der Waals surface area contributed by atoms with E-state index < -0.39 is 8.83 Å². The summed E-state index contributed by atoms with van der Waals surface area (Å²) in [6.45, 7) is 0. The second-order valence-electron chi connectivity index (χ2n) is 3.53. The molecule has 0 saturated carbocycles. The summed E-state index contributed by atoms with van der Waals surface area (Å²) in [7, 11) is 0. The lowest BCUT2D eigenvalue weighted by atomic mass is 10.1. The van der Waals surface area contributed by atoms with Gasteiger partial charge in [0.1, 0.15) is 5.71 Å². The number of hydrogen-bond donors (Lipinski definition) is 1. The van der Waals surface area contributed by atoms with Crippen LogP contribution in [-0.2, 0) is 4.79 Å². The van der Waals surface area contributed by atoms with E-state index in [-0.39, 0.29) is 4.29 Å². The Hall–Kier alpha value is 8.23. The van der Waals surface area contributed by atoms with Crippen LogP contribution in [0.2, 0.25) is 0 Å². The molecule has 0 radical (unpaired) electrons. The zero-order valence-electron chi connectivity index (χ0n) is 8.97. The second kappa shape index (κ2) is 10.7. The minimum absolute atomic E-state index is 0.0450. The molecule has 0 aromatic rings. The third-order valence-electron chi connectivity index (χ3n) is 2.14. The van der Waals surface area contributed by atoms with Gasteiger partial charge in [-0.1, -0.05) is 271 Å². The first-order chi connectivity index (χ1) is 8.89. The monoisotopic (exact) mass is 1640 g/mol. The van der Waals surface area contributed by atoms with Gasteiger partial charge in [0.05, 0.1) is 1.93 Å². The Balaban J connectivity index is 6.15. The minimum atomic E-state index is -0.914. The van der Waals surface area contributed by atoms with E-state index >= 15 is 0 Å². The van der Waals surface area contributed by atoms with Gasteiger partial charge in [0.15, 0.2) is 1.43 Å². The highest BCUT2D eigenvalue weighted by Crippen LogP contribution is 2.73. The molecule has 0 fully saturated rings. The highest BCUT2D eigenvalue weighted by Gasteiger charge is 2.72. The van der Waals surface area contributed by atoms with Gasteiger partial charge in [-0.2, -0.15) is 0 Å². The quantitative estimate of drug-likeness (QED) is 0.213. The van der Waals surface area contributed by atoms with Crippen molar-refractivity contribution in [1.29, 1.82) is 0 Å². The molecule has 0 aliphatic rings. The summed E-state index contributed by atoms with van der Waals surface area (Å²) >= 11 is 28.6. The minimum Gasteiger partial charge on any atom is -0.480 e. The van der Waals surface area contributed by atoms with Crippen molar-refractivity contribution in [3.05, 3.63) is 0 Å². The Morgan fingerprint density at radius 2 is 1.05 bits per heavy atom. The molecular weight excluding hydrogens is 1640 g/mol. The zero-order chi connectivity index (χ0) is 17.7. The van der Waals surface area contributed by atoms with Crippen LogP contribution in [0.15, 0.2) is 0 Å². The molecular formula is C7H2I12O2. The largest absolute Gasteiger partial charge is 0.480 e. The molecule has 0 aromatic heterocycles. The van der Waals surface area contributed by atoms with Gasteiger partial charge in [-0.15, -0.1) is 0 Å². The number of alkyl halides is 12. The Kier molecular flexibility index (Phi) is 14.9. The van der Waals surface area contributed by atoms with Crippen LogP contribution in [0.1, 0.15) is 0 Å². The lowest BCUT2D eigenvalue weighted by Gasteiger charge is -2.52. The number of rotatable bonds is 6. The van der Waals surface area contributed by atoms with Crippen molar-refractivity contribution in [2.75, 3.05) is 0 Å². The first-order valence-electron chi connectivity index (χ1n) is 4.29. The molecule has 1 N–H and O–H groups in total. The number of halogens is 12. The van der Waals surface area contributed by atoms with Crippen LogP contribution in [-0.4, -0.2) is 20.1 Å². The second-order valence-corrected chi connectivity index (χ2v) is 35.1. The Morgan fingerprint density at radius 1 is 0.714 bits per heavy atom. The average Bonchev–Trinajstić information content (AvgIpc) is 2.27. The molecule has 0 spiro atoms. The van der Waals surface area contributed by atoms with Gasteiger partial charge >= 0.3 is 5.97 Å². The van der Waals surface area contributed by atoms with Crippen molar-refractivity contribution in [2.45, 2.75) is 9.07 Å². The smallest absolute Gasteiger partial charge is 0.332 e. The summed E-state index contributed by atoms with van der Waals surface area (Å²) in [5.41, 5.74) is 0. The standard InChI is InChI=1S/C7H2I12O2/c8-1(9)3(10,11)5(14,15)7(18,19)6(16,17)4(12,13)2(20)21/h1H,(H,20,21). The van der Waals surface area contributed by atoms with Gasteiger partial charge in [0, 0.05) is 0 Å². The molecule has 0 atom stereocenters. The van der Waals surface area contributed by atoms with Crippen LogP contribution >= 0.6 is 271 Å². The van der Waals surface area contributed by atoms with Gasteiger partial charge in [0.2, 0.25) is 0 Å². The fourth-order valence-corrected chi connectivity index (χ4v) is 16.4. The van der Waals surface area contributed by atoms with Crippen LogP contribution < -0.4 is 0 Å². The van der Waals surface area contributed by atoms with Gasteiger partial charge in [-0.3, -0.25) is 0 Å². The zero-order valence-corrected chi connectivity index (χ0v) is 34.9. The summed E-state index contributed by atoms with van der Waals surface area (Å²) in [6.07, 6.45) is 0. The van der Waals surface area contributed by atoms with E-state index in [0.29, 0.717) is 1.93 Å². The predicted molar refractivity (Wildman–Crippen MR) is 193 cm³/mol. The normalized spacial score (nSPS) is 15.5. The molecule has 21 heavy (non-hydrogen) atoms. The van der Waals surface area contributed by atoms with E-state index in [1.807, 2.05) is 0 Å². The Labute approximate surface area is 287 Å². The predicted octanol–water partition coefficient (Wildman–Crippen LogP) is 9.10. The van der Waals surface area contributed by atoms with Gasteiger partial charge in [0.25, 0.3) is 0 Å².